The Morgan fingerprint density at radius 3 is 1.64 bits per heavy atom. The van der Waals surface area contributed by atoms with E-state index < -0.39 is 16.6 Å². The van der Waals surface area contributed by atoms with Crippen LogP contribution < -0.4 is 0 Å². The van der Waals surface area contributed by atoms with Gasteiger partial charge in [0.25, 0.3) is 0 Å². The molecule has 0 aromatic carbocycles. The molecule has 0 aromatic rings. The Balaban J connectivity index is 4.99. The van der Waals surface area contributed by atoms with Crippen LogP contribution in [0, 0.1) is 0 Å². The van der Waals surface area contributed by atoms with Gasteiger partial charge in [-0.05, 0) is 49.8 Å². The second-order valence-corrected chi connectivity index (χ2v) is 17.9. The van der Waals surface area contributed by atoms with Gasteiger partial charge in [0.2, 0.25) is 16.6 Å². The molecule has 0 amide bonds. The number of hydrogen-bond acceptors (Lipinski definition) is 3. The summed E-state index contributed by atoms with van der Waals surface area (Å²) in [4.78, 5) is 4.36. The van der Waals surface area contributed by atoms with Gasteiger partial charge in [-0.25, -0.2) is 4.99 Å². The zero-order valence-electron chi connectivity index (χ0n) is 16.4. The highest BCUT2D eigenvalue weighted by molar-refractivity contribution is 6.77. The van der Waals surface area contributed by atoms with Crippen LogP contribution in [0.5, 0.6) is 0 Å². The Labute approximate surface area is 140 Å². The Kier molecular flexibility index (Phi) is 8.30. The highest BCUT2D eigenvalue weighted by atomic mass is 28.4. The molecule has 0 aromatic heterocycles. The lowest BCUT2D eigenvalue weighted by atomic mass is 10.5. The molecule has 0 N–H and O–H groups in total. The number of rotatable bonds is 9. The van der Waals surface area contributed by atoms with Crippen molar-refractivity contribution >= 4 is 22.8 Å². The summed E-state index contributed by atoms with van der Waals surface area (Å²) in [5, 5.41) is 0. The molecule has 0 fully saturated rings. The van der Waals surface area contributed by atoms with Crippen LogP contribution >= 0.6 is 0 Å². The normalized spacial score (nSPS) is 15.1. The summed E-state index contributed by atoms with van der Waals surface area (Å²) in [7, 11) is -3.50. The molecule has 0 spiro atoms. The molecule has 5 heteroatoms. The van der Waals surface area contributed by atoms with E-state index in [1.165, 1.54) is 0 Å². The van der Waals surface area contributed by atoms with E-state index >= 15 is 0 Å². The van der Waals surface area contributed by atoms with E-state index in [9.17, 15) is 0 Å². The first kappa shape index (κ1) is 21.6. The van der Waals surface area contributed by atoms with Gasteiger partial charge >= 0.3 is 0 Å². The van der Waals surface area contributed by atoms with Gasteiger partial charge < -0.3 is 8.85 Å². The summed E-state index contributed by atoms with van der Waals surface area (Å²) in [5.41, 5.74) is 1.72. The second-order valence-electron chi connectivity index (χ2n) is 8.03. The molecule has 22 heavy (non-hydrogen) atoms. The van der Waals surface area contributed by atoms with Gasteiger partial charge in [0.15, 0.2) is 5.88 Å². The van der Waals surface area contributed by atoms with Crippen molar-refractivity contribution in [2.45, 2.75) is 90.8 Å². The van der Waals surface area contributed by atoms with Crippen molar-refractivity contribution in [3.05, 3.63) is 12.5 Å². The molecular weight excluding hydrogens is 306 g/mol. The summed E-state index contributed by atoms with van der Waals surface area (Å²) in [6, 6.07) is 0. The van der Waals surface area contributed by atoms with Crippen LogP contribution in [0.15, 0.2) is 17.5 Å². The molecule has 1 atom stereocenters. The summed E-state index contributed by atoms with van der Waals surface area (Å²) >= 11 is 0. The van der Waals surface area contributed by atoms with Crippen molar-refractivity contribution in [3.8, 4) is 0 Å². The fourth-order valence-corrected chi connectivity index (χ4v) is 9.61. The molecule has 0 bridgehead atoms. The van der Waals surface area contributed by atoms with Crippen LogP contribution in [0.3, 0.4) is 0 Å². The first-order valence-electron chi connectivity index (χ1n) is 8.42. The van der Waals surface area contributed by atoms with Gasteiger partial charge in [-0.1, -0.05) is 41.5 Å². The molecule has 0 unspecified atom stereocenters. The summed E-state index contributed by atoms with van der Waals surface area (Å²) in [6.45, 7) is 26.1. The average molecular weight is 344 g/mol. The van der Waals surface area contributed by atoms with Crippen molar-refractivity contribution < 1.29 is 8.85 Å². The molecule has 0 aliphatic carbocycles. The van der Waals surface area contributed by atoms with Crippen LogP contribution in [-0.4, -0.2) is 29.0 Å². The summed E-state index contributed by atoms with van der Waals surface area (Å²) in [6.07, 6.45) is 1.83. The van der Waals surface area contributed by atoms with Crippen molar-refractivity contribution in [1.82, 2.24) is 0 Å². The van der Waals surface area contributed by atoms with Gasteiger partial charge in [0.1, 0.15) is 0 Å². The molecule has 0 heterocycles. The van der Waals surface area contributed by atoms with Gasteiger partial charge in [-0.3, -0.25) is 0 Å². The molecule has 0 rings (SSSR count). The van der Waals surface area contributed by atoms with Gasteiger partial charge in [-0.15, -0.1) is 0 Å². The maximum Gasteiger partial charge on any atom is 0.244 e. The van der Waals surface area contributed by atoms with E-state index in [1.807, 2.05) is 6.21 Å². The van der Waals surface area contributed by atoms with Crippen LogP contribution in [0.1, 0.15) is 48.5 Å². The first-order valence-corrected chi connectivity index (χ1v) is 14.0. The zero-order chi connectivity index (χ0) is 17.7. The maximum atomic E-state index is 6.61. The third-order valence-electron chi connectivity index (χ3n) is 3.95. The molecule has 130 valence electrons. The maximum absolute atomic E-state index is 6.61. The van der Waals surface area contributed by atoms with Crippen molar-refractivity contribution in [2.75, 3.05) is 0 Å². The first-order chi connectivity index (χ1) is 9.82. The highest BCUT2D eigenvalue weighted by Crippen LogP contribution is 2.42. The van der Waals surface area contributed by atoms with Gasteiger partial charge in [-0.2, -0.15) is 0 Å². The number of hydrogen-bond donors (Lipinski definition) is 0. The Bertz CT molecular complexity index is 363. The van der Waals surface area contributed by atoms with E-state index in [-0.39, 0.29) is 6.10 Å². The lowest BCUT2D eigenvalue weighted by Gasteiger charge is -2.43. The fourth-order valence-electron chi connectivity index (χ4n) is 3.33. The van der Waals surface area contributed by atoms with Gasteiger partial charge in [0, 0.05) is 6.21 Å². The van der Waals surface area contributed by atoms with E-state index in [1.54, 1.807) is 0 Å². The minimum atomic E-state index is -1.86. The molecule has 0 saturated carbocycles. The van der Waals surface area contributed by atoms with Crippen LogP contribution in [-0.2, 0) is 8.85 Å². The average Bonchev–Trinajstić information content (AvgIpc) is 2.29. The van der Waals surface area contributed by atoms with Gasteiger partial charge in [0.05, 0.1) is 6.10 Å². The molecule has 0 aliphatic heterocycles. The number of nitrogens with zero attached hydrogens (tertiary/aromatic N) is 1. The predicted molar refractivity (Wildman–Crippen MR) is 104 cm³/mol. The molecular formula is C17H37NO2Si2. The van der Waals surface area contributed by atoms with E-state index in [0.717, 1.165) is 0 Å². The van der Waals surface area contributed by atoms with E-state index in [0.29, 0.717) is 22.5 Å². The third-order valence-corrected chi connectivity index (χ3v) is 11.0. The van der Waals surface area contributed by atoms with E-state index in [2.05, 4.69) is 79.7 Å². The predicted octanol–water partition coefficient (Wildman–Crippen LogP) is 5.96. The summed E-state index contributed by atoms with van der Waals surface area (Å²) < 4.78 is 12.4. The highest BCUT2D eigenvalue weighted by Gasteiger charge is 2.45. The Morgan fingerprint density at radius 2 is 1.32 bits per heavy atom. The lowest BCUT2D eigenvalue weighted by molar-refractivity contribution is 0.253. The molecule has 0 radical (unpaired) electrons. The Hall–Kier alpha value is -0.396. The topological polar surface area (TPSA) is 30.8 Å². The lowest BCUT2D eigenvalue weighted by Crippen LogP contribution is -2.50. The quantitative estimate of drug-likeness (QED) is 0.294. The van der Waals surface area contributed by atoms with Crippen LogP contribution in [0.2, 0.25) is 36.3 Å². The number of aliphatic imine (C=N–C) groups is 1. The Morgan fingerprint density at radius 1 is 0.909 bits per heavy atom. The minimum absolute atomic E-state index is 0.0131. The monoisotopic (exact) mass is 343 g/mol. The minimum Gasteiger partial charge on any atom is -0.532 e. The van der Waals surface area contributed by atoms with E-state index in [4.69, 9.17) is 8.85 Å². The van der Waals surface area contributed by atoms with Crippen molar-refractivity contribution in [1.29, 1.82) is 0 Å². The third kappa shape index (κ3) is 6.38. The smallest absolute Gasteiger partial charge is 0.244 e. The molecule has 3 nitrogen and oxygen atoms in total. The zero-order valence-corrected chi connectivity index (χ0v) is 18.4. The molecule has 0 aliphatic rings. The summed E-state index contributed by atoms with van der Waals surface area (Å²) in [5.74, 6) is 0.500. The van der Waals surface area contributed by atoms with Crippen molar-refractivity contribution in [3.63, 3.8) is 0 Å². The SMILES string of the molecule is C=C(/N=C/[C@H](C)O[Si](C(C)C)(C(C)C)C(C)C)O[Si](C)(C)C. The van der Waals surface area contributed by atoms with Crippen LogP contribution in [0.4, 0.5) is 0 Å². The molecule has 0 saturated heterocycles. The standard InChI is InChI=1S/C17H37NO2Si2/c1-13(2)22(14(3)4,15(5)6)19-16(7)12-18-17(8)20-21(9,10)11/h12-16H,8H2,1-7,9-11H3/b18-12+/t16-/m0/s1. The fraction of sp³-hybridized carbons (Fsp3) is 0.824. The second kappa shape index (κ2) is 8.45. The largest absolute Gasteiger partial charge is 0.532 e. The van der Waals surface area contributed by atoms with Crippen LogP contribution in [0.25, 0.3) is 0 Å². The van der Waals surface area contributed by atoms with Crippen molar-refractivity contribution in [2.24, 2.45) is 4.99 Å².